The fourth-order valence-corrected chi connectivity index (χ4v) is 4.46. The number of hydrogen-bond donors (Lipinski definition) is 1. The molecule has 2 aromatic carbocycles. The van der Waals surface area contributed by atoms with E-state index in [1.54, 1.807) is 36.7 Å². The van der Waals surface area contributed by atoms with E-state index in [0.29, 0.717) is 24.2 Å². The van der Waals surface area contributed by atoms with E-state index >= 15 is 0 Å². The maximum atomic E-state index is 13.1. The highest BCUT2D eigenvalue weighted by Gasteiger charge is 2.21. The first kappa shape index (κ1) is 21.7. The van der Waals surface area contributed by atoms with Crippen LogP contribution in [0.1, 0.15) is 21.6 Å². The largest absolute Gasteiger partial charge is 0.347 e. The zero-order chi connectivity index (χ0) is 22.7. The summed E-state index contributed by atoms with van der Waals surface area (Å²) < 4.78 is 28.3. The number of sulfonamides is 1. The van der Waals surface area contributed by atoms with Crippen molar-refractivity contribution in [2.24, 2.45) is 0 Å². The van der Waals surface area contributed by atoms with Crippen molar-refractivity contribution in [3.8, 4) is 0 Å². The number of fused-ring (bicyclic) bond motifs is 1. The Kier molecular flexibility index (Phi) is 6.07. The van der Waals surface area contributed by atoms with Gasteiger partial charge in [-0.25, -0.2) is 12.7 Å². The lowest BCUT2D eigenvalue weighted by Crippen LogP contribution is -2.25. The number of benzene rings is 2. The maximum Gasteiger partial charge on any atom is 0.268 e. The Balaban J connectivity index is 1.75. The topological polar surface area (TPSA) is 84.3 Å². The Morgan fingerprint density at radius 2 is 1.75 bits per heavy atom. The van der Waals surface area contributed by atoms with E-state index in [-0.39, 0.29) is 10.8 Å². The molecule has 0 bridgehead atoms. The molecule has 8 heteroatoms. The molecule has 1 amide bonds. The lowest BCUT2D eigenvalue weighted by Gasteiger charge is -2.13. The molecule has 0 fully saturated rings. The van der Waals surface area contributed by atoms with Crippen LogP contribution in [-0.4, -0.2) is 42.3 Å². The van der Waals surface area contributed by atoms with Crippen molar-refractivity contribution in [2.75, 3.05) is 14.1 Å². The average molecular weight is 449 g/mol. The molecule has 7 nitrogen and oxygen atoms in total. The van der Waals surface area contributed by atoms with Crippen molar-refractivity contribution < 1.29 is 13.2 Å². The molecular formula is C24H24N4O3S. The van der Waals surface area contributed by atoms with Crippen molar-refractivity contribution in [2.45, 2.75) is 18.0 Å². The molecule has 0 saturated carbocycles. The number of pyridine rings is 1. The van der Waals surface area contributed by atoms with Crippen molar-refractivity contribution in [3.63, 3.8) is 0 Å². The molecule has 4 rings (SSSR count). The van der Waals surface area contributed by atoms with Gasteiger partial charge in [-0.05, 0) is 41.5 Å². The zero-order valence-corrected chi connectivity index (χ0v) is 18.7. The predicted molar refractivity (Wildman–Crippen MR) is 124 cm³/mol. The third-order valence-electron chi connectivity index (χ3n) is 5.24. The monoisotopic (exact) mass is 448 g/mol. The number of rotatable bonds is 7. The molecule has 0 aliphatic rings. The lowest BCUT2D eigenvalue weighted by molar-refractivity contribution is 0.0942. The number of carbonyl (C=O) groups is 1. The summed E-state index contributed by atoms with van der Waals surface area (Å²) in [6, 6.07) is 20.2. The van der Waals surface area contributed by atoms with Gasteiger partial charge in [-0.2, -0.15) is 0 Å². The fraction of sp³-hybridized carbons (Fsp3) is 0.167. The quantitative estimate of drug-likeness (QED) is 0.470. The molecule has 1 N–H and O–H groups in total. The van der Waals surface area contributed by atoms with Gasteiger partial charge in [0.1, 0.15) is 5.69 Å². The highest BCUT2D eigenvalue weighted by atomic mass is 32.2. The summed E-state index contributed by atoms with van der Waals surface area (Å²) in [4.78, 5) is 17.4. The van der Waals surface area contributed by atoms with E-state index in [0.717, 1.165) is 16.6 Å². The van der Waals surface area contributed by atoms with E-state index in [2.05, 4.69) is 10.3 Å². The molecule has 0 unspecified atom stereocenters. The van der Waals surface area contributed by atoms with Crippen molar-refractivity contribution in [1.29, 1.82) is 0 Å². The minimum absolute atomic E-state index is 0.189. The Morgan fingerprint density at radius 3 is 2.44 bits per heavy atom. The first-order chi connectivity index (χ1) is 15.4. The van der Waals surface area contributed by atoms with Crippen molar-refractivity contribution >= 4 is 26.8 Å². The number of carbonyl (C=O) groups excluding carboxylic acids is 1. The molecule has 164 valence electrons. The van der Waals surface area contributed by atoms with E-state index < -0.39 is 10.0 Å². The minimum Gasteiger partial charge on any atom is -0.347 e. The summed E-state index contributed by atoms with van der Waals surface area (Å²) in [5.41, 5.74) is 3.19. The molecule has 2 aromatic heterocycles. The van der Waals surface area contributed by atoms with E-state index in [1.807, 2.05) is 47.0 Å². The summed E-state index contributed by atoms with van der Waals surface area (Å²) >= 11 is 0. The van der Waals surface area contributed by atoms with Gasteiger partial charge in [0, 0.05) is 50.5 Å². The maximum absolute atomic E-state index is 13.1. The molecule has 0 saturated heterocycles. The van der Waals surface area contributed by atoms with Gasteiger partial charge in [0.15, 0.2) is 0 Å². The molecule has 4 aromatic rings. The van der Waals surface area contributed by atoms with Crippen LogP contribution in [0.3, 0.4) is 0 Å². The highest BCUT2D eigenvalue weighted by molar-refractivity contribution is 7.89. The van der Waals surface area contributed by atoms with E-state index in [4.69, 9.17) is 0 Å². The molecular weight excluding hydrogens is 424 g/mol. The van der Waals surface area contributed by atoms with Gasteiger partial charge in [0.25, 0.3) is 5.91 Å². The first-order valence-corrected chi connectivity index (χ1v) is 11.6. The number of hydrogen-bond acceptors (Lipinski definition) is 4. The normalized spacial score (nSPS) is 11.7. The minimum atomic E-state index is -3.58. The predicted octanol–water partition coefficient (Wildman–Crippen LogP) is 3.26. The van der Waals surface area contributed by atoms with Crippen LogP contribution in [-0.2, 0) is 23.1 Å². The molecule has 0 aliphatic heterocycles. The van der Waals surface area contributed by atoms with Crippen LogP contribution in [0.4, 0.5) is 0 Å². The van der Waals surface area contributed by atoms with Gasteiger partial charge in [0.05, 0.1) is 4.90 Å². The van der Waals surface area contributed by atoms with Crippen LogP contribution in [0, 0.1) is 0 Å². The Morgan fingerprint density at radius 1 is 1.00 bits per heavy atom. The van der Waals surface area contributed by atoms with Crippen LogP contribution in [0.5, 0.6) is 0 Å². The van der Waals surface area contributed by atoms with Crippen LogP contribution >= 0.6 is 0 Å². The third-order valence-corrected chi connectivity index (χ3v) is 7.05. The van der Waals surface area contributed by atoms with Crippen molar-refractivity contribution in [1.82, 2.24) is 19.2 Å². The summed E-state index contributed by atoms with van der Waals surface area (Å²) in [6.45, 7) is 0.833. The standard InChI is InChI=1S/C24H24N4O3S/c1-27(2)32(30,31)21-10-11-22-20(13-21)14-23(28(22)17-18-7-4-3-5-8-18)24(29)26-16-19-9-6-12-25-15-19/h3-15H,16-17H2,1-2H3,(H,26,29). The van der Waals surface area contributed by atoms with Crippen molar-refractivity contribution in [3.05, 3.63) is 95.9 Å². The smallest absolute Gasteiger partial charge is 0.268 e. The molecule has 2 heterocycles. The van der Waals surface area contributed by atoms with Gasteiger partial charge >= 0.3 is 0 Å². The molecule has 0 atom stereocenters. The second-order valence-corrected chi connectivity index (χ2v) is 9.81. The Bertz CT molecular complexity index is 1350. The number of aromatic nitrogens is 2. The molecule has 0 spiro atoms. The molecule has 0 radical (unpaired) electrons. The Labute approximate surface area is 187 Å². The molecule has 32 heavy (non-hydrogen) atoms. The van der Waals surface area contributed by atoms with Gasteiger partial charge in [-0.15, -0.1) is 0 Å². The van der Waals surface area contributed by atoms with E-state index in [9.17, 15) is 13.2 Å². The van der Waals surface area contributed by atoms with E-state index in [1.165, 1.54) is 18.4 Å². The average Bonchev–Trinajstić information content (AvgIpc) is 3.16. The summed E-state index contributed by atoms with van der Waals surface area (Å²) in [6.07, 6.45) is 3.39. The third kappa shape index (κ3) is 4.42. The van der Waals surface area contributed by atoms with Gasteiger partial charge in [-0.1, -0.05) is 36.4 Å². The fourth-order valence-electron chi connectivity index (χ4n) is 3.52. The van der Waals surface area contributed by atoms with Gasteiger partial charge in [0.2, 0.25) is 10.0 Å². The number of nitrogens with one attached hydrogen (secondary N) is 1. The number of nitrogens with zero attached hydrogens (tertiary/aromatic N) is 3. The number of amides is 1. The zero-order valence-electron chi connectivity index (χ0n) is 17.9. The first-order valence-electron chi connectivity index (χ1n) is 10.1. The van der Waals surface area contributed by atoms with Crippen LogP contribution < -0.4 is 5.32 Å². The van der Waals surface area contributed by atoms with Crippen LogP contribution in [0.15, 0.2) is 84.0 Å². The second kappa shape index (κ2) is 8.94. The second-order valence-electron chi connectivity index (χ2n) is 7.65. The highest BCUT2D eigenvalue weighted by Crippen LogP contribution is 2.26. The SMILES string of the molecule is CN(C)S(=O)(=O)c1ccc2c(c1)cc(C(=O)NCc1cccnc1)n2Cc1ccccc1. The van der Waals surface area contributed by atoms with Gasteiger partial charge in [-0.3, -0.25) is 9.78 Å². The molecule has 0 aliphatic carbocycles. The lowest BCUT2D eigenvalue weighted by atomic mass is 10.2. The van der Waals surface area contributed by atoms with Crippen LogP contribution in [0.2, 0.25) is 0 Å². The summed E-state index contributed by atoms with van der Waals surface area (Å²) in [7, 11) is -0.586. The summed E-state index contributed by atoms with van der Waals surface area (Å²) in [5, 5.41) is 3.63. The van der Waals surface area contributed by atoms with Gasteiger partial charge < -0.3 is 9.88 Å². The summed E-state index contributed by atoms with van der Waals surface area (Å²) in [5.74, 6) is -0.238. The Hall–Kier alpha value is -3.49. The van der Waals surface area contributed by atoms with Crippen LogP contribution in [0.25, 0.3) is 10.9 Å².